The number of ether oxygens (including phenoxy) is 1. The van der Waals surface area contributed by atoms with Crippen molar-refractivity contribution in [3.63, 3.8) is 0 Å². The summed E-state index contributed by atoms with van der Waals surface area (Å²) >= 11 is 0. The van der Waals surface area contributed by atoms with Crippen LogP contribution in [0, 0.1) is 6.92 Å². The van der Waals surface area contributed by atoms with Crippen LogP contribution in [0.2, 0.25) is 0 Å². The average Bonchev–Trinajstić information content (AvgIpc) is 2.94. The van der Waals surface area contributed by atoms with Gasteiger partial charge in [0.2, 0.25) is 0 Å². The molecule has 0 bridgehead atoms. The number of carbonyl (C=O) groups excluding carboxylic acids is 1. The molecule has 1 aromatic carbocycles. The molecule has 2 aliphatic rings. The number of anilines is 1. The quantitative estimate of drug-likeness (QED) is 0.877. The zero-order valence-electron chi connectivity index (χ0n) is 13.8. The van der Waals surface area contributed by atoms with Crippen molar-refractivity contribution in [2.75, 3.05) is 25.0 Å². The van der Waals surface area contributed by atoms with E-state index >= 15 is 0 Å². The summed E-state index contributed by atoms with van der Waals surface area (Å²) < 4.78 is 6.17. The number of nitrogens with zero attached hydrogens (tertiary/aromatic N) is 2. The van der Waals surface area contributed by atoms with E-state index in [1.807, 2.05) is 36.1 Å². The fraction of sp³-hybridized carbons (Fsp3) is 0.368. The average molecular weight is 323 g/mol. The Hall–Kier alpha value is -2.40. The van der Waals surface area contributed by atoms with Crippen LogP contribution < -0.4 is 5.32 Å². The number of aromatic nitrogens is 1. The molecule has 24 heavy (non-hydrogen) atoms. The number of morpholine rings is 1. The molecular formula is C19H21N3O2. The third-order valence-corrected chi connectivity index (χ3v) is 4.90. The van der Waals surface area contributed by atoms with E-state index in [0.717, 1.165) is 18.5 Å². The van der Waals surface area contributed by atoms with Gasteiger partial charge in [-0.05, 0) is 43.0 Å². The van der Waals surface area contributed by atoms with Crippen LogP contribution in [0.15, 0.2) is 42.5 Å². The van der Waals surface area contributed by atoms with Crippen molar-refractivity contribution in [3.05, 3.63) is 59.3 Å². The molecule has 0 radical (unpaired) electrons. The van der Waals surface area contributed by atoms with Crippen molar-refractivity contribution in [1.82, 2.24) is 9.88 Å². The zero-order valence-corrected chi connectivity index (χ0v) is 13.8. The molecule has 5 heteroatoms. The first-order chi connectivity index (χ1) is 11.7. The molecule has 1 N–H and O–H groups in total. The second-order valence-electron chi connectivity index (χ2n) is 6.52. The van der Waals surface area contributed by atoms with E-state index in [1.165, 1.54) is 11.1 Å². The number of benzene rings is 1. The summed E-state index contributed by atoms with van der Waals surface area (Å²) in [6.07, 6.45) is 1.93. The SMILES string of the molecule is Cc1cccc(NC(=O)N2CCOC3(CCc4ccccc43)C2)n1. The van der Waals surface area contributed by atoms with Crippen molar-refractivity contribution >= 4 is 11.8 Å². The van der Waals surface area contributed by atoms with E-state index in [0.29, 0.717) is 25.5 Å². The Kier molecular flexibility index (Phi) is 3.73. The highest BCUT2D eigenvalue weighted by Crippen LogP contribution is 2.42. The summed E-state index contributed by atoms with van der Waals surface area (Å²) in [5, 5.41) is 2.90. The van der Waals surface area contributed by atoms with E-state index in [2.05, 4.69) is 28.5 Å². The van der Waals surface area contributed by atoms with E-state index in [-0.39, 0.29) is 11.6 Å². The first kappa shape index (κ1) is 15.1. The Balaban J connectivity index is 1.52. The van der Waals surface area contributed by atoms with Crippen LogP contribution in [0.3, 0.4) is 0 Å². The molecule has 1 fully saturated rings. The Morgan fingerprint density at radius 2 is 2.12 bits per heavy atom. The van der Waals surface area contributed by atoms with Crippen molar-refractivity contribution in [2.24, 2.45) is 0 Å². The lowest BCUT2D eigenvalue weighted by Crippen LogP contribution is -2.52. The molecule has 5 nitrogen and oxygen atoms in total. The first-order valence-corrected chi connectivity index (χ1v) is 8.38. The van der Waals surface area contributed by atoms with Crippen LogP contribution in [-0.2, 0) is 16.8 Å². The van der Waals surface area contributed by atoms with Gasteiger partial charge in [-0.3, -0.25) is 5.32 Å². The summed E-state index contributed by atoms with van der Waals surface area (Å²) in [6, 6.07) is 13.9. The maximum atomic E-state index is 12.7. The number of rotatable bonds is 1. The normalized spacial score (nSPS) is 22.5. The molecule has 2 heterocycles. The summed E-state index contributed by atoms with van der Waals surface area (Å²) in [6.45, 7) is 3.65. The van der Waals surface area contributed by atoms with Crippen LogP contribution >= 0.6 is 0 Å². The number of urea groups is 1. The summed E-state index contributed by atoms with van der Waals surface area (Å²) in [5.41, 5.74) is 3.10. The number of hydrogen-bond acceptors (Lipinski definition) is 3. The second kappa shape index (κ2) is 5.91. The molecule has 1 aliphatic carbocycles. The van der Waals surface area contributed by atoms with Gasteiger partial charge in [-0.2, -0.15) is 0 Å². The van der Waals surface area contributed by atoms with E-state index in [4.69, 9.17) is 4.74 Å². The molecule has 2 amide bonds. The van der Waals surface area contributed by atoms with Gasteiger partial charge in [0.1, 0.15) is 11.4 Å². The molecule has 1 atom stereocenters. The minimum atomic E-state index is -0.355. The highest BCUT2D eigenvalue weighted by molar-refractivity contribution is 5.88. The summed E-state index contributed by atoms with van der Waals surface area (Å²) in [7, 11) is 0. The van der Waals surface area contributed by atoms with Crippen LogP contribution in [-0.4, -0.2) is 35.6 Å². The molecule has 0 saturated carbocycles. The lowest BCUT2D eigenvalue weighted by molar-refractivity contribution is -0.100. The van der Waals surface area contributed by atoms with Crippen molar-refractivity contribution in [1.29, 1.82) is 0 Å². The van der Waals surface area contributed by atoms with Crippen LogP contribution in [0.1, 0.15) is 23.2 Å². The van der Waals surface area contributed by atoms with Gasteiger partial charge in [0.15, 0.2) is 0 Å². The molecule has 1 aliphatic heterocycles. The van der Waals surface area contributed by atoms with Crippen molar-refractivity contribution in [3.8, 4) is 0 Å². The van der Waals surface area contributed by atoms with Gasteiger partial charge in [-0.15, -0.1) is 0 Å². The lowest BCUT2D eigenvalue weighted by atomic mass is 9.94. The van der Waals surface area contributed by atoms with Gasteiger partial charge in [-0.25, -0.2) is 9.78 Å². The van der Waals surface area contributed by atoms with Crippen LogP contribution in [0.4, 0.5) is 10.6 Å². The topological polar surface area (TPSA) is 54.5 Å². The number of pyridine rings is 1. The van der Waals surface area contributed by atoms with Crippen molar-refractivity contribution in [2.45, 2.75) is 25.4 Å². The maximum Gasteiger partial charge on any atom is 0.323 e. The Morgan fingerprint density at radius 3 is 3.00 bits per heavy atom. The predicted molar refractivity (Wildman–Crippen MR) is 92.0 cm³/mol. The first-order valence-electron chi connectivity index (χ1n) is 8.38. The second-order valence-corrected chi connectivity index (χ2v) is 6.52. The minimum absolute atomic E-state index is 0.111. The molecule has 4 rings (SSSR count). The van der Waals surface area contributed by atoms with Gasteiger partial charge in [-0.1, -0.05) is 30.3 Å². The van der Waals surface area contributed by atoms with E-state index in [1.54, 1.807) is 0 Å². The number of aryl methyl sites for hydroxylation is 2. The van der Waals surface area contributed by atoms with Crippen LogP contribution in [0.5, 0.6) is 0 Å². The Bertz CT molecular complexity index is 773. The molecular weight excluding hydrogens is 302 g/mol. The molecule has 2 aromatic rings. The molecule has 1 unspecified atom stereocenters. The maximum absolute atomic E-state index is 12.7. The largest absolute Gasteiger partial charge is 0.367 e. The molecule has 1 spiro atoms. The monoisotopic (exact) mass is 323 g/mol. The van der Waals surface area contributed by atoms with Gasteiger partial charge in [0.25, 0.3) is 0 Å². The minimum Gasteiger partial charge on any atom is -0.367 e. The van der Waals surface area contributed by atoms with Crippen LogP contribution in [0.25, 0.3) is 0 Å². The number of fused-ring (bicyclic) bond motifs is 2. The third kappa shape index (κ3) is 2.65. The van der Waals surface area contributed by atoms with E-state index in [9.17, 15) is 4.79 Å². The Morgan fingerprint density at radius 1 is 1.25 bits per heavy atom. The Labute approximate surface area is 141 Å². The molecule has 1 aromatic heterocycles. The van der Waals surface area contributed by atoms with Gasteiger partial charge in [0.05, 0.1) is 13.2 Å². The number of nitrogens with one attached hydrogen (secondary N) is 1. The smallest absolute Gasteiger partial charge is 0.323 e. The lowest BCUT2D eigenvalue weighted by Gasteiger charge is -2.41. The zero-order chi connectivity index (χ0) is 16.6. The summed E-state index contributed by atoms with van der Waals surface area (Å²) in [5.74, 6) is 0.590. The number of hydrogen-bond donors (Lipinski definition) is 1. The van der Waals surface area contributed by atoms with E-state index < -0.39 is 0 Å². The van der Waals surface area contributed by atoms with Gasteiger partial charge >= 0.3 is 6.03 Å². The summed E-state index contributed by atoms with van der Waals surface area (Å²) in [4.78, 5) is 18.8. The fourth-order valence-corrected chi connectivity index (χ4v) is 3.73. The third-order valence-electron chi connectivity index (χ3n) is 4.90. The standard InChI is InChI=1S/C19H21N3O2/c1-14-5-4-8-17(20-14)21-18(23)22-11-12-24-19(13-22)10-9-15-6-2-3-7-16(15)19/h2-8H,9-13H2,1H3,(H,20,21,23). The number of amides is 2. The number of carbonyl (C=O) groups is 1. The van der Waals surface area contributed by atoms with Gasteiger partial charge < -0.3 is 9.64 Å². The molecule has 1 saturated heterocycles. The molecule has 124 valence electrons. The van der Waals surface area contributed by atoms with Gasteiger partial charge in [0, 0.05) is 12.2 Å². The van der Waals surface area contributed by atoms with Crippen molar-refractivity contribution < 1.29 is 9.53 Å². The predicted octanol–water partition coefficient (Wildman–Crippen LogP) is 3.10. The highest BCUT2D eigenvalue weighted by Gasteiger charge is 2.44. The fourth-order valence-electron chi connectivity index (χ4n) is 3.73. The highest BCUT2D eigenvalue weighted by atomic mass is 16.5.